The largest absolute Gasteiger partial charge is 0.426 e. The minimum atomic E-state index is -0.427. The van der Waals surface area contributed by atoms with Crippen LogP contribution in [0.4, 0.5) is 0 Å². The van der Waals surface area contributed by atoms with Gasteiger partial charge in [0.15, 0.2) is 5.78 Å². The second-order valence-electron chi connectivity index (χ2n) is 5.11. The Morgan fingerprint density at radius 1 is 0.952 bits per heavy atom. The Kier molecular flexibility index (Phi) is 4.22. The molecule has 21 heavy (non-hydrogen) atoms. The van der Waals surface area contributed by atoms with Crippen molar-refractivity contribution in [3.05, 3.63) is 64.2 Å². The van der Waals surface area contributed by atoms with E-state index in [2.05, 4.69) is 0 Å². The third-order valence-electron chi connectivity index (χ3n) is 3.63. The van der Waals surface area contributed by atoms with E-state index in [1.54, 1.807) is 18.2 Å². The summed E-state index contributed by atoms with van der Waals surface area (Å²) in [6.07, 6.45) is 0. The Balaban J connectivity index is 2.62. The van der Waals surface area contributed by atoms with Crippen molar-refractivity contribution in [1.82, 2.24) is 0 Å². The summed E-state index contributed by atoms with van der Waals surface area (Å²) in [4.78, 5) is 24.0. The first-order valence-electron chi connectivity index (χ1n) is 6.80. The van der Waals surface area contributed by atoms with Gasteiger partial charge in [-0.3, -0.25) is 9.59 Å². The van der Waals surface area contributed by atoms with E-state index < -0.39 is 5.97 Å². The summed E-state index contributed by atoms with van der Waals surface area (Å²) < 4.78 is 5.29. The van der Waals surface area contributed by atoms with Crippen LogP contribution in [0.2, 0.25) is 0 Å². The van der Waals surface area contributed by atoms with Gasteiger partial charge in [0.25, 0.3) is 0 Å². The lowest BCUT2D eigenvalue weighted by molar-refractivity contribution is -0.131. The predicted molar refractivity (Wildman–Crippen MR) is 81.8 cm³/mol. The van der Waals surface area contributed by atoms with Gasteiger partial charge in [0, 0.05) is 12.5 Å². The molecule has 0 unspecified atom stereocenters. The Hall–Kier alpha value is -2.42. The monoisotopic (exact) mass is 282 g/mol. The molecule has 0 atom stereocenters. The quantitative estimate of drug-likeness (QED) is 0.489. The Bertz CT molecular complexity index is 700. The van der Waals surface area contributed by atoms with Crippen LogP contribution < -0.4 is 4.74 Å². The normalized spacial score (nSPS) is 10.3. The number of carbonyl (C=O) groups excluding carboxylic acids is 2. The van der Waals surface area contributed by atoms with Gasteiger partial charge in [0.05, 0.1) is 5.56 Å². The summed E-state index contributed by atoms with van der Waals surface area (Å²) in [5.74, 6) is -0.207. The van der Waals surface area contributed by atoms with Gasteiger partial charge < -0.3 is 4.74 Å². The van der Waals surface area contributed by atoms with E-state index in [0.717, 1.165) is 16.7 Å². The molecule has 2 aromatic carbocycles. The Morgan fingerprint density at radius 2 is 1.57 bits per heavy atom. The summed E-state index contributed by atoms with van der Waals surface area (Å²) in [6.45, 7) is 7.10. The number of benzene rings is 2. The summed E-state index contributed by atoms with van der Waals surface area (Å²) in [5, 5.41) is 0. The number of hydrogen-bond donors (Lipinski definition) is 0. The van der Waals surface area contributed by atoms with Crippen LogP contribution in [0.1, 0.15) is 39.5 Å². The van der Waals surface area contributed by atoms with Crippen molar-refractivity contribution in [3.8, 4) is 5.75 Å². The molecule has 3 heteroatoms. The second kappa shape index (κ2) is 5.92. The van der Waals surface area contributed by atoms with Gasteiger partial charge in [0.2, 0.25) is 0 Å². The predicted octanol–water partition coefficient (Wildman–Crippen LogP) is 3.77. The summed E-state index contributed by atoms with van der Waals surface area (Å²) in [5.41, 5.74) is 3.86. The number of ether oxygens (including phenoxy) is 1. The van der Waals surface area contributed by atoms with E-state index in [4.69, 9.17) is 4.74 Å². The lowest BCUT2D eigenvalue weighted by Crippen LogP contribution is -2.11. The van der Waals surface area contributed by atoms with E-state index in [1.807, 2.05) is 39.0 Å². The molecular formula is C18H18O3. The maximum Gasteiger partial charge on any atom is 0.308 e. The molecule has 2 aromatic rings. The molecule has 0 saturated heterocycles. The van der Waals surface area contributed by atoms with Crippen LogP contribution in [-0.2, 0) is 4.79 Å². The van der Waals surface area contributed by atoms with Crippen LogP contribution >= 0.6 is 0 Å². The minimum Gasteiger partial charge on any atom is -0.426 e. The number of esters is 1. The first-order valence-corrected chi connectivity index (χ1v) is 6.80. The van der Waals surface area contributed by atoms with Gasteiger partial charge in [-0.1, -0.05) is 30.3 Å². The smallest absolute Gasteiger partial charge is 0.308 e. The van der Waals surface area contributed by atoms with Crippen molar-refractivity contribution >= 4 is 11.8 Å². The highest BCUT2D eigenvalue weighted by molar-refractivity contribution is 6.11. The summed E-state index contributed by atoms with van der Waals surface area (Å²) >= 11 is 0. The van der Waals surface area contributed by atoms with Crippen molar-refractivity contribution < 1.29 is 14.3 Å². The van der Waals surface area contributed by atoms with Crippen molar-refractivity contribution in [2.45, 2.75) is 27.7 Å². The van der Waals surface area contributed by atoms with Crippen molar-refractivity contribution in [2.75, 3.05) is 0 Å². The van der Waals surface area contributed by atoms with Crippen LogP contribution in [0.15, 0.2) is 36.4 Å². The average Bonchev–Trinajstić information content (AvgIpc) is 2.47. The zero-order valence-electron chi connectivity index (χ0n) is 12.7. The highest BCUT2D eigenvalue weighted by Gasteiger charge is 2.20. The topological polar surface area (TPSA) is 43.4 Å². The fourth-order valence-corrected chi connectivity index (χ4v) is 2.25. The molecule has 0 radical (unpaired) electrons. The third-order valence-corrected chi connectivity index (χ3v) is 3.63. The zero-order valence-corrected chi connectivity index (χ0v) is 12.7. The van der Waals surface area contributed by atoms with Crippen molar-refractivity contribution in [2.24, 2.45) is 0 Å². The molecule has 0 aliphatic carbocycles. The molecule has 108 valence electrons. The third kappa shape index (κ3) is 3.02. The van der Waals surface area contributed by atoms with Gasteiger partial charge in [-0.2, -0.15) is 0 Å². The summed E-state index contributed by atoms with van der Waals surface area (Å²) in [6, 6.07) is 10.8. The molecule has 0 fully saturated rings. The highest BCUT2D eigenvalue weighted by Crippen LogP contribution is 2.31. The molecule has 3 nitrogen and oxygen atoms in total. The van der Waals surface area contributed by atoms with E-state index in [0.29, 0.717) is 16.9 Å². The van der Waals surface area contributed by atoms with Crippen molar-refractivity contribution in [1.29, 1.82) is 0 Å². The van der Waals surface area contributed by atoms with Crippen molar-refractivity contribution in [3.63, 3.8) is 0 Å². The molecule has 0 saturated carbocycles. The fourth-order valence-electron chi connectivity index (χ4n) is 2.25. The van der Waals surface area contributed by atoms with E-state index >= 15 is 0 Å². The van der Waals surface area contributed by atoms with Crippen LogP contribution in [0.5, 0.6) is 5.75 Å². The first kappa shape index (κ1) is 15.0. The number of rotatable bonds is 3. The lowest BCUT2D eigenvalue weighted by atomic mass is 9.94. The molecule has 0 spiro atoms. The van der Waals surface area contributed by atoms with Crippen LogP contribution in [0, 0.1) is 20.8 Å². The maximum absolute atomic E-state index is 12.7. The molecule has 0 bridgehead atoms. The molecule has 0 N–H and O–H groups in total. The molecule has 0 aliphatic heterocycles. The van der Waals surface area contributed by atoms with Crippen LogP contribution in [0.3, 0.4) is 0 Å². The van der Waals surface area contributed by atoms with E-state index in [9.17, 15) is 9.59 Å². The summed E-state index contributed by atoms with van der Waals surface area (Å²) in [7, 11) is 0. The first-order chi connectivity index (χ1) is 9.91. The minimum absolute atomic E-state index is 0.141. The van der Waals surface area contributed by atoms with Gasteiger partial charge in [0.1, 0.15) is 5.75 Å². The molecule has 0 aromatic heterocycles. The number of hydrogen-bond acceptors (Lipinski definition) is 3. The Labute approximate surface area is 124 Å². The average molecular weight is 282 g/mol. The fraction of sp³-hybridized carbons (Fsp3) is 0.222. The molecule has 0 heterocycles. The van der Waals surface area contributed by atoms with Crippen LogP contribution in [-0.4, -0.2) is 11.8 Å². The molecule has 2 rings (SSSR count). The zero-order chi connectivity index (χ0) is 15.6. The van der Waals surface area contributed by atoms with Gasteiger partial charge in [-0.25, -0.2) is 0 Å². The number of carbonyl (C=O) groups is 2. The Morgan fingerprint density at radius 3 is 2.14 bits per heavy atom. The number of ketones is 1. The SMILES string of the molecule is CC(=O)Oc1c(C(=O)c2ccccc2)cc(C)c(C)c1C. The maximum atomic E-state index is 12.7. The second-order valence-corrected chi connectivity index (χ2v) is 5.11. The molecule has 0 amide bonds. The van der Waals surface area contributed by atoms with Gasteiger partial charge >= 0.3 is 5.97 Å². The van der Waals surface area contributed by atoms with Gasteiger partial charge in [-0.15, -0.1) is 0 Å². The lowest BCUT2D eigenvalue weighted by Gasteiger charge is -2.15. The standard InChI is InChI=1S/C18H18O3/c1-11-10-16(17(20)15-8-6-5-7-9-15)18(21-14(4)19)13(3)12(11)2/h5-10H,1-4H3. The van der Waals surface area contributed by atoms with Crippen LogP contribution in [0.25, 0.3) is 0 Å². The van der Waals surface area contributed by atoms with E-state index in [1.165, 1.54) is 6.92 Å². The highest BCUT2D eigenvalue weighted by atomic mass is 16.5. The van der Waals surface area contributed by atoms with E-state index in [-0.39, 0.29) is 5.78 Å². The van der Waals surface area contributed by atoms with Gasteiger partial charge in [-0.05, 0) is 43.5 Å². The number of aryl methyl sites for hydroxylation is 1. The molecular weight excluding hydrogens is 264 g/mol. The molecule has 0 aliphatic rings.